The second kappa shape index (κ2) is 6.64. The Labute approximate surface area is 73.7 Å². The van der Waals surface area contributed by atoms with Gasteiger partial charge in [-0.25, -0.2) is 5.01 Å². The predicted molar refractivity (Wildman–Crippen MR) is 51.7 cm³/mol. The second-order valence-corrected chi connectivity index (χ2v) is 2.39. The van der Waals surface area contributed by atoms with Gasteiger partial charge in [0.25, 0.3) is 0 Å². The molecule has 68 valence electrons. The van der Waals surface area contributed by atoms with Gasteiger partial charge < -0.3 is 5.11 Å². The summed E-state index contributed by atoms with van der Waals surface area (Å²) in [7, 11) is 0. The van der Waals surface area contributed by atoms with Crippen LogP contribution in [0, 0.1) is 0 Å². The number of hydrogen-bond donors (Lipinski definition) is 2. The average molecular weight is 168 g/mol. The molecule has 0 aromatic rings. The van der Waals surface area contributed by atoms with Crippen LogP contribution in [0.3, 0.4) is 0 Å². The molecule has 0 atom stereocenters. The first kappa shape index (κ1) is 10.9. The number of hydrazine groups is 1. The summed E-state index contributed by atoms with van der Waals surface area (Å²) in [5.74, 6) is 0.133. The minimum Gasteiger partial charge on any atom is -0.512 e. The number of aliphatic hydroxyl groups is 1. The third-order valence-electron chi connectivity index (χ3n) is 1.18. The van der Waals surface area contributed by atoms with Crippen LogP contribution in [0.2, 0.25) is 0 Å². The highest BCUT2D eigenvalue weighted by atomic mass is 16.3. The topological polar surface area (TPSA) is 35.5 Å². The molecule has 2 N–H and O–H groups in total. The Hall–Kier alpha value is -1.06. The molecule has 0 radical (unpaired) electrons. The molecule has 0 amide bonds. The van der Waals surface area contributed by atoms with Gasteiger partial charge in [-0.1, -0.05) is 18.7 Å². The highest BCUT2D eigenvalue weighted by molar-refractivity contribution is 4.85. The Morgan fingerprint density at radius 1 is 1.42 bits per heavy atom. The lowest BCUT2D eigenvalue weighted by atomic mass is 10.5. The van der Waals surface area contributed by atoms with Crippen LogP contribution in [0.15, 0.2) is 37.6 Å². The molecule has 12 heavy (non-hydrogen) atoms. The first-order valence-corrected chi connectivity index (χ1v) is 3.77. The van der Waals surface area contributed by atoms with E-state index in [9.17, 15) is 0 Å². The summed E-state index contributed by atoms with van der Waals surface area (Å²) >= 11 is 0. The van der Waals surface area contributed by atoms with E-state index in [1.807, 2.05) is 0 Å². The highest BCUT2D eigenvalue weighted by Crippen LogP contribution is 1.89. The Morgan fingerprint density at radius 2 is 2.08 bits per heavy atom. The van der Waals surface area contributed by atoms with E-state index in [1.165, 1.54) is 0 Å². The van der Waals surface area contributed by atoms with Crippen molar-refractivity contribution in [1.29, 1.82) is 0 Å². The Balaban J connectivity index is 3.75. The minimum atomic E-state index is 0.133. The monoisotopic (exact) mass is 168 g/mol. The standard InChI is InChI=1S/C9H16N2O/c1-4-6-10-11(7-5-2)8-9(3)12/h4-5,10,12H,1-3,6-8H2. The Morgan fingerprint density at radius 3 is 2.50 bits per heavy atom. The molecular weight excluding hydrogens is 152 g/mol. The van der Waals surface area contributed by atoms with Gasteiger partial charge in [-0.2, -0.15) is 0 Å². The summed E-state index contributed by atoms with van der Waals surface area (Å²) in [5.41, 5.74) is 3.02. The summed E-state index contributed by atoms with van der Waals surface area (Å²) in [6.45, 7) is 12.3. The van der Waals surface area contributed by atoms with Gasteiger partial charge in [0.15, 0.2) is 0 Å². The fourth-order valence-electron chi connectivity index (χ4n) is 0.755. The van der Waals surface area contributed by atoms with Crippen molar-refractivity contribution < 1.29 is 5.11 Å². The quantitative estimate of drug-likeness (QED) is 0.341. The second-order valence-electron chi connectivity index (χ2n) is 2.39. The molecule has 0 heterocycles. The van der Waals surface area contributed by atoms with E-state index in [2.05, 4.69) is 25.2 Å². The molecule has 0 bridgehead atoms. The summed E-state index contributed by atoms with van der Waals surface area (Å²) in [4.78, 5) is 0. The molecule has 0 fully saturated rings. The third-order valence-corrected chi connectivity index (χ3v) is 1.18. The Bertz CT molecular complexity index is 166. The lowest BCUT2D eigenvalue weighted by molar-refractivity contribution is 0.207. The van der Waals surface area contributed by atoms with E-state index >= 15 is 0 Å². The van der Waals surface area contributed by atoms with Gasteiger partial charge in [-0.05, 0) is 0 Å². The van der Waals surface area contributed by atoms with Crippen molar-refractivity contribution in [2.45, 2.75) is 0 Å². The molecule has 0 rings (SSSR count). The molecular formula is C9H16N2O. The molecule has 0 unspecified atom stereocenters. The van der Waals surface area contributed by atoms with Gasteiger partial charge in [0.1, 0.15) is 5.76 Å². The van der Waals surface area contributed by atoms with E-state index in [-0.39, 0.29) is 5.76 Å². The fraction of sp³-hybridized carbons (Fsp3) is 0.333. The number of nitrogens with one attached hydrogen (secondary N) is 1. The summed E-state index contributed by atoms with van der Waals surface area (Å²) in [5, 5.41) is 10.7. The zero-order chi connectivity index (χ0) is 9.40. The zero-order valence-electron chi connectivity index (χ0n) is 7.29. The summed E-state index contributed by atoms with van der Waals surface area (Å²) in [6, 6.07) is 0. The molecule has 0 aromatic carbocycles. The van der Waals surface area contributed by atoms with Crippen LogP contribution in [0.5, 0.6) is 0 Å². The van der Waals surface area contributed by atoms with Crippen molar-refractivity contribution in [3.05, 3.63) is 37.6 Å². The predicted octanol–water partition coefficient (Wildman–Crippen LogP) is 1.24. The van der Waals surface area contributed by atoms with Crippen molar-refractivity contribution in [2.75, 3.05) is 19.6 Å². The lowest BCUT2D eigenvalue weighted by Crippen LogP contribution is -2.39. The molecule has 0 spiro atoms. The van der Waals surface area contributed by atoms with Gasteiger partial charge in [0, 0.05) is 13.1 Å². The van der Waals surface area contributed by atoms with Crippen LogP contribution in [0.1, 0.15) is 0 Å². The molecule has 0 aliphatic heterocycles. The van der Waals surface area contributed by atoms with Gasteiger partial charge in [0.05, 0.1) is 6.54 Å². The van der Waals surface area contributed by atoms with Crippen molar-refractivity contribution in [2.24, 2.45) is 0 Å². The molecule has 3 nitrogen and oxygen atoms in total. The van der Waals surface area contributed by atoms with Crippen molar-refractivity contribution in [3.63, 3.8) is 0 Å². The molecule has 3 heteroatoms. The van der Waals surface area contributed by atoms with Crippen molar-refractivity contribution in [1.82, 2.24) is 10.4 Å². The molecule has 0 saturated heterocycles. The minimum absolute atomic E-state index is 0.133. The van der Waals surface area contributed by atoms with Crippen molar-refractivity contribution >= 4 is 0 Å². The van der Waals surface area contributed by atoms with E-state index < -0.39 is 0 Å². The number of rotatable bonds is 7. The molecule has 0 saturated carbocycles. The van der Waals surface area contributed by atoms with Crippen LogP contribution < -0.4 is 5.43 Å². The molecule has 0 aliphatic rings. The highest BCUT2D eigenvalue weighted by Gasteiger charge is 2.00. The van der Waals surface area contributed by atoms with Crippen LogP contribution in [0.4, 0.5) is 0 Å². The van der Waals surface area contributed by atoms with E-state index in [1.54, 1.807) is 17.2 Å². The SMILES string of the molecule is C=CCNN(CC=C)CC(=C)O. The number of nitrogens with zero attached hydrogens (tertiary/aromatic N) is 1. The fourth-order valence-corrected chi connectivity index (χ4v) is 0.755. The van der Waals surface area contributed by atoms with E-state index in [0.717, 1.165) is 0 Å². The van der Waals surface area contributed by atoms with Gasteiger partial charge in [-0.15, -0.1) is 13.2 Å². The normalized spacial score (nSPS) is 9.75. The maximum atomic E-state index is 8.91. The van der Waals surface area contributed by atoms with Gasteiger partial charge in [-0.3, -0.25) is 5.43 Å². The van der Waals surface area contributed by atoms with Crippen molar-refractivity contribution in [3.8, 4) is 0 Å². The molecule has 0 aromatic heterocycles. The van der Waals surface area contributed by atoms with Gasteiger partial charge >= 0.3 is 0 Å². The zero-order valence-corrected chi connectivity index (χ0v) is 7.29. The van der Waals surface area contributed by atoms with Crippen LogP contribution >= 0.6 is 0 Å². The largest absolute Gasteiger partial charge is 0.512 e. The van der Waals surface area contributed by atoms with Crippen LogP contribution in [0.25, 0.3) is 0 Å². The summed E-state index contributed by atoms with van der Waals surface area (Å²) in [6.07, 6.45) is 3.50. The maximum absolute atomic E-state index is 8.91. The first-order valence-electron chi connectivity index (χ1n) is 3.77. The van der Waals surface area contributed by atoms with E-state index in [4.69, 9.17) is 5.11 Å². The smallest absolute Gasteiger partial charge is 0.101 e. The number of hydrogen-bond acceptors (Lipinski definition) is 3. The molecule has 0 aliphatic carbocycles. The first-order chi connectivity index (χ1) is 5.70. The summed E-state index contributed by atoms with van der Waals surface area (Å²) < 4.78 is 0. The van der Waals surface area contributed by atoms with Crippen LogP contribution in [-0.4, -0.2) is 29.7 Å². The lowest BCUT2D eigenvalue weighted by Gasteiger charge is -2.19. The average Bonchev–Trinajstić information content (AvgIpc) is 2.00. The van der Waals surface area contributed by atoms with E-state index in [0.29, 0.717) is 19.6 Å². The Kier molecular flexibility index (Phi) is 6.05. The maximum Gasteiger partial charge on any atom is 0.101 e. The van der Waals surface area contributed by atoms with Crippen LogP contribution in [-0.2, 0) is 0 Å². The number of aliphatic hydroxyl groups excluding tert-OH is 1. The van der Waals surface area contributed by atoms with Gasteiger partial charge in [0.2, 0.25) is 0 Å². The third kappa shape index (κ3) is 5.70.